The van der Waals surface area contributed by atoms with Gasteiger partial charge >= 0.3 is 0 Å². The molecule has 0 fully saturated rings. The summed E-state index contributed by atoms with van der Waals surface area (Å²) in [5, 5.41) is 0. The Labute approximate surface area is 119 Å². The molecule has 1 aromatic heterocycles. The van der Waals surface area contributed by atoms with Gasteiger partial charge in [-0.25, -0.2) is 9.97 Å². The van der Waals surface area contributed by atoms with E-state index < -0.39 is 0 Å². The number of nitrogens with zero attached hydrogens (tertiary/aromatic N) is 2. The molecule has 0 spiro atoms. The standard InChI is InChI=1S/C18H16N2/c1-14-19-17(15-9-5-2-3-6-10-15)13-18(20-14)16-11-7-4-8-12-16/h2-5,7-13H,6H2,1H3. The summed E-state index contributed by atoms with van der Waals surface area (Å²) in [5.74, 6) is 0.799. The van der Waals surface area contributed by atoms with Crippen LogP contribution >= 0.6 is 0 Å². The molecular formula is C18H16N2. The van der Waals surface area contributed by atoms with Crippen molar-refractivity contribution in [1.29, 1.82) is 0 Å². The quantitative estimate of drug-likeness (QED) is 0.802. The van der Waals surface area contributed by atoms with E-state index in [0.717, 1.165) is 34.8 Å². The highest BCUT2D eigenvalue weighted by Crippen LogP contribution is 2.23. The third kappa shape index (κ3) is 2.75. The van der Waals surface area contributed by atoms with Gasteiger partial charge in [-0.05, 0) is 25.0 Å². The van der Waals surface area contributed by atoms with Crippen LogP contribution in [0.3, 0.4) is 0 Å². The van der Waals surface area contributed by atoms with Crippen molar-refractivity contribution in [2.75, 3.05) is 0 Å². The molecule has 2 aromatic rings. The Morgan fingerprint density at radius 3 is 2.60 bits per heavy atom. The molecule has 0 unspecified atom stereocenters. The molecule has 1 aliphatic carbocycles. The van der Waals surface area contributed by atoms with Gasteiger partial charge in [0.2, 0.25) is 0 Å². The summed E-state index contributed by atoms with van der Waals surface area (Å²) >= 11 is 0. The van der Waals surface area contributed by atoms with E-state index in [2.05, 4.69) is 58.5 Å². The van der Waals surface area contributed by atoms with Gasteiger partial charge < -0.3 is 0 Å². The molecule has 0 aliphatic heterocycles. The molecule has 3 rings (SSSR count). The van der Waals surface area contributed by atoms with Crippen LogP contribution in [0.4, 0.5) is 0 Å². The first-order valence-electron chi connectivity index (χ1n) is 6.78. The Bertz CT molecular complexity index is 695. The van der Waals surface area contributed by atoms with Crippen LogP contribution in [0, 0.1) is 6.92 Å². The Morgan fingerprint density at radius 1 is 0.950 bits per heavy atom. The molecule has 2 heteroatoms. The lowest BCUT2D eigenvalue weighted by Crippen LogP contribution is -1.96. The smallest absolute Gasteiger partial charge is 0.126 e. The largest absolute Gasteiger partial charge is 0.233 e. The van der Waals surface area contributed by atoms with Crippen LogP contribution in [0.25, 0.3) is 16.8 Å². The molecule has 0 saturated heterocycles. The van der Waals surface area contributed by atoms with E-state index in [1.807, 2.05) is 25.1 Å². The van der Waals surface area contributed by atoms with Crippen LogP contribution in [0.15, 0.2) is 66.8 Å². The fraction of sp³-hybridized carbons (Fsp3) is 0.111. The van der Waals surface area contributed by atoms with E-state index in [1.54, 1.807) is 0 Å². The fourth-order valence-corrected chi connectivity index (χ4v) is 2.24. The first-order valence-corrected chi connectivity index (χ1v) is 6.78. The topological polar surface area (TPSA) is 25.8 Å². The Balaban J connectivity index is 2.05. The SMILES string of the molecule is Cc1nc(C2=CCC=CC=C2)cc(-c2ccccc2)n1. The first-order chi connectivity index (χ1) is 9.83. The van der Waals surface area contributed by atoms with Gasteiger partial charge in [-0.3, -0.25) is 0 Å². The van der Waals surface area contributed by atoms with Crippen molar-refractivity contribution >= 4 is 5.57 Å². The minimum atomic E-state index is 0.799. The maximum atomic E-state index is 4.57. The minimum absolute atomic E-state index is 0.799. The molecule has 0 amide bonds. The van der Waals surface area contributed by atoms with Crippen molar-refractivity contribution in [3.63, 3.8) is 0 Å². The third-order valence-corrected chi connectivity index (χ3v) is 3.20. The molecule has 0 N–H and O–H groups in total. The second-order valence-corrected chi connectivity index (χ2v) is 4.73. The highest BCUT2D eigenvalue weighted by atomic mass is 14.9. The van der Waals surface area contributed by atoms with Crippen molar-refractivity contribution in [2.24, 2.45) is 0 Å². The summed E-state index contributed by atoms with van der Waals surface area (Å²) in [5.41, 5.74) is 4.23. The Kier molecular flexibility index (Phi) is 3.55. The van der Waals surface area contributed by atoms with Crippen LogP contribution in [0.5, 0.6) is 0 Å². The average Bonchev–Trinajstić information content (AvgIpc) is 2.77. The van der Waals surface area contributed by atoms with Crippen molar-refractivity contribution in [1.82, 2.24) is 9.97 Å². The zero-order valence-corrected chi connectivity index (χ0v) is 11.5. The average molecular weight is 260 g/mol. The Morgan fingerprint density at radius 2 is 1.75 bits per heavy atom. The second kappa shape index (κ2) is 5.66. The summed E-state index contributed by atoms with van der Waals surface area (Å²) in [6.07, 6.45) is 11.5. The summed E-state index contributed by atoms with van der Waals surface area (Å²) in [7, 11) is 0. The van der Waals surface area contributed by atoms with E-state index in [0.29, 0.717) is 0 Å². The molecule has 0 saturated carbocycles. The van der Waals surface area contributed by atoms with Gasteiger partial charge in [0.15, 0.2) is 0 Å². The van der Waals surface area contributed by atoms with E-state index in [-0.39, 0.29) is 0 Å². The maximum Gasteiger partial charge on any atom is 0.126 e. The van der Waals surface area contributed by atoms with Crippen LogP contribution in [0.1, 0.15) is 17.9 Å². The highest BCUT2D eigenvalue weighted by Gasteiger charge is 2.07. The van der Waals surface area contributed by atoms with Gasteiger partial charge in [0, 0.05) is 5.56 Å². The van der Waals surface area contributed by atoms with Crippen LogP contribution in [0.2, 0.25) is 0 Å². The molecule has 1 aromatic carbocycles. The molecule has 98 valence electrons. The lowest BCUT2D eigenvalue weighted by atomic mass is 10.1. The van der Waals surface area contributed by atoms with Gasteiger partial charge in [-0.15, -0.1) is 0 Å². The maximum absolute atomic E-state index is 4.57. The number of benzene rings is 1. The van der Waals surface area contributed by atoms with Gasteiger partial charge in [-0.2, -0.15) is 0 Å². The van der Waals surface area contributed by atoms with Gasteiger partial charge in [0.1, 0.15) is 5.82 Å². The van der Waals surface area contributed by atoms with Crippen LogP contribution in [-0.2, 0) is 0 Å². The van der Waals surface area contributed by atoms with Crippen molar-refractivity contribution in [3.8, 4) is 11.3 Å². The second-order valence-electron chi connectivity index (χ2n) is 4.73. The third-order valence-electron chi connectivity index (χ3n) is 3.20. The normalized spacial score (nSPS) is 13.9. The van der Waals surface area contributed by atoms with Crippen LogP contribution < -0.4 is 0 Å². The number of allylic oxidation sites excluding steroid dienone is 6. The Hall–Kier alpha value is -2.48. The number of aromatic nitrogens is 2. The van der Waals surface area contributed by atoms with E-state index in [4.69, 9.17) is 0 Å². The molecule has 0 atom stereocenters. The van der Waals surface area contributed by atoms with E-state index in [1.165, 1.54) is 0 Å². The number of hydrogen-bond acceptors (Lipinski definition) is 2. The number of rotatable bonds is 2. The number of aryl methyl sites for hydroxylation is 1. The molecule has 2 nitrogen and oxygen atoms in total. The molecule has 1 heterocycles. The molecule has 1 aliphatic rings. The predicted molar refractivity (Wildman–Crippen MR) is 83.1 cm³/mol. The van der Waals surface area contributed by atoms with Crippen LogP contribution in [-0.4, -0.2) is 9.97 Å². The lowest BCUT2D eigenvalue weighted by molar-refractivity contribution is 1.04. The summed E-state index contributed by atoms with van der Waals surface area (Å²) in [6.45, 7) is 1.94. The van der Waals surface area contributed by atoms with Crippen molar-refractivity contribution in [2.45, 2.75) is 13.3 Å². The molecular weight excluding hydrogens is 244 g/mol. The van der Waals surface area contributed by atoms with Gasteiger partial charge in [0.25, 0.3) is 0 Å². The van der Waals surface area contributed by atoms with E-state index >= 15 is 0 Å². The minimum Gasteiger partial charge on any atom is -0.233 e. The summed E-state index contributed by atoms with van der Waals surface area (Å²) in [6, 6.07) is 12.3. The van der Waals surface area contributed by atoms with Gasteiger partial charge in [-0.1, -0.05) is 60.7 Å². The monoisotopic (exact) mass is 260 g/mol. The molecule has 0 bridgehead atoms. The zero-order chi connectivity index (χ0) is 13.8. The van der Waals surface area contributed by atoms with E-state index in [9.17, 15) is 0 Å². The zero-order valence-electron chi connectivity index (χ0n) is 11.5. The number of hydrogen-bond donors (Lipinski definition) is 0. The predicted octanol–water partition coefficient (Wildman–Crippen LogP) is 4.35. The molecule has 20 heavy (non-hydrogen) atoms. The molecule has 0 radical (unpaired) electrons. The first kappa shape index (κ1) is 12.5. The van der Waals surface area contributed by atoms with Crippen molar-refractivity contribution in [3.05, 3.63) is 78.3 Å². The summed E-state index contributed by atoms with van der Waals surface area (Å²) in [4.78, 5) is 9.11. The van der Waals surface area contributed by atoms with Crippen molar-refractivity contribution < 1.29 is 0 Å². The summed E-state index contributed by atoms with van der Waals surface area (Å²) < 4.78 is 0. The lowest BCUT2D eigenvalue weighted by Gasteiger charge is -2.07. The highest BCUT2D eigenvalue weighted by molar-refractivity contribution is 5.75. The fourth-order valence-electron chi connectivity index (χ4n) is 2.24. The van der Waals surface area contributed by atoms with Gasteiger partial charge in [0.05, 0.1) is 11.4 Å².